The van der Waals surface area contributed by atoms with Crippen LogP contribution in [0.2, 0.25) is 0 Å². The quantitative estimate of drug-likeness (QED) is 0.774. The van der Waals surface area contributed by atoms with Crippen molar-refractivity contribution in [1.82, 2.24) is 10.2 Å². The van der Waals surface area contributed by atoms with E-state index in [-0.39, 0.29) is 6.04 Å². The molecule has 3 aliphatic rings. The summed E-state index contributed by atoms with van der Waals surface area (Å²) in [5.74, 6) is 0.386. The number of nitrogens with zero attached hydrogens (tertiary/aromatic N) is 1. The average Bonchev–Trinajstić information content (AvgIpc) is 2.83. The first-order valence-electron chi connectivity index (χ1n) is 7.81. The highest BCUT2D eigenvalue weighted by Crippen LogP contribution is 2.43. The first-order chi connectivity index (χ1) is 8.79. The maximum atomic E-state index is 12.5. The number of likely N-dealkylation sites (tertiary alicyclic amines) is 1. The second-order valence-electron chi connectivity index (χ2n) is 6.57. The molecule has 0 unspecified atom stereocenters. The summed E-state index contributed by atoms with van der Waals surface area (Å²) >= 11 is 0. The molecule has 1 saturated carbocycles. The van der Waals surface area contributed by atoms with Gasteiger partial charge in [-0.15, -0.1) is 0 Å². The van der Waals surface area contributed by atoms with E-state index < -0.39 is 0 Å². The predicted molar refractivity (Wildman–Crippen MR) is 72.4 cm³/mol. The van der Waals surface area contributed by atoms with Crippen molar-refractivity contribution in [2.24, 2.45) is 5.41 Å². The fourth-order valence-corrected chi connectivity index (χ4v) is 4.12. The Bertz CT molecular complexity index is 304. The van der Waals surface area contributed by atoms with Crippen LogP contribution in [0, 0.1) is 5.41 Å². The molecule has 2 saturated heterocycles. The lowest BCUT2D eigenvalue weighted by atomic mass is 9.73. The molecule has 1 atom stereocenters. The molecule has 3 fully saturated rings. The molecular formula is C15H26N2O. The fraction of sp³-hybridized carbons (Fsp3) is 0.933. The molecule has 3 rings (SSSR count). The van der Waals surface area contributed by atoms with Crippen molar-refractivity contribution < 1.29 is 4.79 Å². The Labute approximate surface area is 110 Å². The molecule has 1 aliphatic carbocycles. The van der Waals surface area contributed by atoms with Crippen LogP contribution in [0.1, 0.15) is 57.8 Å². The van der Waals surface area contributed by atoms with E-state index in [4.69, 9.17) is 0 Å². The van der Waals surface area contributed by atoms with E-state index in [0.29, 0.717) is 11.3 Å². The average molecular weight is 250 g/mol. The first kappa shape index (κ1) is 12.5. The van der Waals surface area contributed by atoms with Gasteiger partial charge < -0.3 is 10.2 Å². The minimum Gasteiger partial charge on any atom is -0.341 e. The third-order valence-corrected chi connectivity index (χ3v) is 5.27. The van der Waals surface area contributed by atoms with Gasteiger partial charge >= 0.3 is 0 Å². The monoisotopic (exact) mass is 250 g/mol. The number of piperidine rings is 1. The van der Waals surface area contributed by atoms with Crippen molar-refractivity contribution in [2.75, 3.05) is 19.6 Å². The highest BCUT2D eigenvalue weighted by atomic mass is 16.2. The Kier molecular flexibility index (Phi) is 3.60. The largest absolute Gasteiger partial charge is 0.341 e. The number of rotatable bonds is 1. The molecule has 0 aromatic heterocycles. The summed E-state index contributed by atoms with van der Waals surface area (Å²) in [6, 6.07) is 0.123. The maximum absolute atomic E-state index is 12.5. The molecule has 1 N–H and O–H groups in total. The summed E-state index contributed by atoms with van der Waals surface area (Å²) in [6.45, 7) is 3.08. The molecule has 0 bridgehead atoms. The molecule has 0 aromatic carbocycles. The normalized spacial score (nSPS) is 31.8. The summed E-state index contributed by atoms with van der Waals surface area (Å²) in [5, 5.41) is 3.40. The Hall–Kier alpha value is -0.570. The fourth-order valence-electron chi connectivity index (χ4n) is 4.12. The van der Waals surface area contributed by atoms with Gasteiger partial charge in [0.15, 0.2) is 0 Å². The van der Waals surface area contributed by atoms with Gasteiger partial charge in [0.05, 0.1) is 6.04 Å². The van der Waals surface area contributed by atoms with Gasteiger partial charge in [-0.25, -0.2) is 0 Å². The van der Waals surface area contributed by atoms with E-state index in [1.807, 2.05) is 0 Å². The van der Waals surface area contributed by atoms with Crippen molar-refractivity contribution in [3.8, 4) is 0 Å². The Balaban J connectivity index is 1.59. The SMILES string of the molecule is O=C([C@H]1CCCCN1)N1CCC2(CCCCC2)C1. The number of amides is 1. The minimum absolute atomic E-state index is 0.123. The van der Waals surface area contributed by atoms with Crippen molar-refractivity contribution in [3.63, 3.8) is 0 Å². The standard InChI is InChI=1S/C15H26N2O/c18-14(13-6-2-5-10-16-13)17-11-9-15(12-17)7-3-1-4-8-15/h13,16H,1-12H2/t13-/m1/s1. The molecule has 1 amide bonds. The van der Waals surface area contributed by atoms with Crippen LogP contribution in [0.25, 0.3) is 0 Å². The molecule has 3 heteroatoms. The van der Waals surface area contributed by atoms with E-state index in [1.54, 1.807) is 0 Å². The smallest absolute Gasteiger partial charge is 0.239 e. The number of nitrogens with one attached hydrogen (secondary N) is 1. The van der Waals surface area contributed by atoms with Crippen LogP contribution < -0.4 is 5.32 Å². The molecule has 2 aliphatic heterocycles. The second kappa shape index (κ2) is 5.20. The molecule has 18 heavy (non-hydrogen) atoms. The third-order valence-electron chi connectivity index (χ3n) is 5.27. The number of carbonyl (C=O) groups is 1. The van der Waals surface area contributed by atoms with Gasteiger partial charge in [-0.3, -0.25) is 4.79 Å². The number of hydrogen-bond acceptors (Lipinski definition) is 2. The summed E-state index contributed by atoms with van der Waals surface area (Å²) in [7, 11) is 0. The van der Waals surface area contributed by atoms with E-state index in [9.17, 15) is 4.79 Å². The Morgan fingerprint density at radius 1 is 1.06 bits per heavy atom. The second-order valence-corrected chi connectivity index (χ2v) is 6.57. The summed E-state index contributed by atoms with van der Waals surface area (Å²) in [4.78, 5) is 14.7. The van der Waals surface area contributed by atoms with Gasteiger partial charge in [0.25, 0.3) is 0 Å². The van der Waals surface area contributed by atoms with Crippen molar-refractivity contribution in [1.29, 1.82) is 0 Å². The van der Waals surface area contributed by atoms with E-state index in [2.05, 4.69) is 10.2 Å². The molecule has 2 heterocycles. The Morgan fingerprint density at radius 3 is 2.61 bits per heavy atom. The summed E-state index contributed by atoms with van der Waals surface area (Å²) in [5.41, 5.74) is 0.503. The van der Waals surface area contributed by atoms with E-state index in [1.165, 1.54) is 51.4 Å². The van der Waals surface area contributed by atoms with Crippen LogP contribution in [0.3, 0.4) is 0 Å². The lowest BCUT2D eigenvalue weighted by molar-refractivity contribution is -0.133. The van der Waals surface area contributed by atoms with Crippen molar-refractivity contribution in [2.45, 2.75) is 63.8 Å². The third kappa shape index (κ3) is 2.42. The van der Waals surface area contributed by atoms with Crippen molar-refractivity contribution in [3.05, 3.63) is 0 Å². The maximum Gasteiger partial charge on any atom is 0.239 e. The number of hydrogen-bond donors (Lipinski definition) is 1. The van der Waals surface area contributed by atoms with Gasteiger partial charge in [0, 0.05) is 13.1 Å². The van der Waals surface area contributed by atoms with Crippen molar-refractivity contribution >= 4 is 5.91 Å². The van der Waals surface area contributed by atoms with Crippen LogP contribution in [-0.2, 0) is 4.79 Å². The lowest BCUT2D eigenvalue weighted by Gasteiger charge is -2.34. The van der Waals surface area contributed by atoms with Gasteiger partial charge in [-0.05, 0) is 44.1 Å². The molecule has 3 nitrogen and oxygen atoms in total. The minimum atomic E-state index is 0.123. The van der Waals surface area contributed by atoms with E-state index >= 15 is 0 Å². The zero-order chi connectivity index (χ0) is 12.4. The highest BCUT2D eigenvalue weighted by Gasteiger charge is 2.41. The van der Waals surface area contributed by atoms with Crippen LogP contribution in [-0.4, -0.2) is 36.5 Å². The predicted octanol–water partition coefficient (Wildman–Crippen LogP) is 2.31. The zero-order valence-corrected chi connectivity index (χ0v) is 11.4. The summed E-state index contributed by atoms with van der Waals surface area (Å²) in [6.07, 6.45) is 11.6. The molecule has 0 aromatic rings. The van der Waals surface area contributed by atoms with Gasteiger partial charge in [-0.1, -0.05) is 25.7 Å². The molecule has 102 valence electrons. The topological polar surface area (TPSA) is 32.3 Å². The lowest BCUT2D eigenvalue weighted by Crippen LogP contribution is -2.48. The zero-order valence-electron chi connectivity index (χ0n) is 11.4. The molecular weight excluding hydrogens is 224 g/mol. The Morgan fingerprint density at radius 2 is 1.89 bits per heavy atom. The molecule has 1 spiro atoms. The summed E-state index contributed by atoms with van der Waals surface area (Å²) < 4.78 is 0. The van der Waals surface area contributed by atoms with Crippen LogP contribution in [0.15, 0.2) is 0 Å². The molecule has 0 radical (unpaired) electrons. The van der Waals surface area contributed by atoms with E-state index in [0.717, 1.165) is 26.1 Å². The van der Waals surface area contributed by atoms with Crippen LogP contribution >= 0.6 is 0 Å². The van der Waals surface area contributed by atoms with Crippen LogP contribution in [0.5, 0.6) is 0 Å². The van der Waals surface area contributed by atoms with Gasteiger partial charge in [0.1, 0.15) is 0 Å². The van der Waals surface area contributed by atoms with Gasteiger partial charge in [-0.2, -0.15) is 0 Å². The van der Waals surface area contributed by atoms with Crippen LogP contribution in [0.4, 0.5) is 0 Å². The van der Waals surface area contributed by atoms with Gasteiger partial charge in [0.2, 0.25) is 5.91 Å². The first-order valence-corrected chi connectivity index (χ1v) is 7.81. The number of carbonyl (C=O) groups excluding carboxylic acids is 1. The highest BCUT2D eigenvalue weighted by molar-refractivity contribution is 5.82.